The second-order valence-corrected chi connectivity index (χ2v) is 5.74. The number of carbonyl (C=O) groups excluding carboxylic acids is 2. The third kappa shape index (κ3) is 6.12. The Morgan fingerprint density at radius 3 is 2.08 bits per heavy atom. The van der Waals surface area contributed by atoms with Gasteiger partial charge in [-0.1, -0.05) is 25.1 Å². The Morgan fingerprint density at radius 2 is 1.52 bits per heavy atom. The second-order valence-electron chi connectivity index (χ2n) is 5.74. The molecular formula is C19H24ClN3O2. The van der Waals surface area contributed by atoms with Crippen LogP contribution in [0.4, 0.5) is 17.1 Å². The first kappa shape index (κ1) is 20.5. The molecule has 0 aliphatic heterocycles. The van der Waals surface area contributed by atoms with Crippen molar-refractivity contribution in [1.29, 1.82) is 0 Å². The molecular weight excluding hydrogens is 338 g/mol. The zero-order valence-electron chi connectivity index (χ0n) is 14.5. The summed E-state index contributed by atoms with van der Waals surface area (Å²) in [5, 5.41) is 5.77. The maximum atomic E-state index is 12.2. The van der Waals surface area contributed by atoms with Gasteiger partial charge in [0.05, 0.1) is 6.42 Å². The van der Waals surface area contributed by atoms with Crippen LogP contribution in [-0.4, -0.2) is 11.8 Å². The third-order valence-corrected chi connectivity index (χ3v) is 3.70. The number of nitrogens with one attached hydrogen (secondary N) is 2. The number of nitrogens with two attached hydrogens (primary N) is 1. The average Bonchev–Trinajstić information content (AvgIpc) is 2.54. The van der Waals surface area contributed by atoms with Crippen LogP contribution < -0.4 is 16.4 Å². The summed E-state index contributed by atoms with van der Waals surface area (Å²) in [4.78, 5) is 24.0. The molecule has 0 spiro atoms. The molecule has 134 valence electrons. The molecule has 2 amide bonds. The van der Waals surface area contributed by atoms with E-state index in [4.69, 9.17) is 5.73 Å². The van der Waals surface area contributed by atoms with E-state index in [9.17, 15) is 9.59 Å². The zero-order valence-corrected chi connectivity index (χ0v) is 15.3. The standard InChI is InChI=1S/C19H23N3O2.ClH/c1-3-5-18(23)21-16-6-4-7-17(13(16)2)22-19(24)12-14-8-10-15(20)11-9-14;/h4,6-11H,3,5,12,20H2,1-2H3,(H,21,23)(H,22,24);1H. The van der Waals surface area contributed by atoms with Crippen LogP contribution in [0.3, 0.4) is 0 Å². The van der Waals surface area contributed by atoms with Crippen LogP contribution in [0.1, 0.15) is 30.9 Å². The Morgan fingerprint density at radius 1 is 0.960 bits per heavy atom. The minimum Gasteiger partial charge on any atom is -0.399 e. The highest BCUT2D eigenvalue weighted by atomic mass is 35.5. The van der Waals surface area contributed by atoms with E-state index in [0.29, 0.717) is 17.8 Å². The molecule has 0 heterocycles. The number of benzene rings is 2. The highest BCUT2D eigenvalue weighted by molar-refractivity contribution is 5.96. The molecule has 0 aliphatic rings. The molecule has 0 fully saturated rings. The third-order valence-electron chi connectivity index (χ3n) is 3.70. The van der Waals surface area contributed by atoms with Crippen LogP contribution in [0.2, 0.25) is 0 Å². The van der Waals surface area contributed by atoms with Gasteiger partial charge in [0.25, 0.3) is 0 Å². The molecule has 2 rings (SSSR count). The van der Waals surface area contributed by atoms with E-state index in [2.05, 4.69) is 10.6 Å². The highest BCUT2D eigenvalue weighted by Crippen LogP contribution is 2.24. The number of halogens is 1. The van der Waals surface area contributed by atoms with Crippen molar-refractivity contribution in [3.8, 4) is 0 Å². The van der Waals surface area contributed by atoms with E-state index in [1.807, 2.05) is 44.2 Å². The first-order chi connectivity index (χ1) is 11.5. The molecule has 0 atom stereocenters. The Bertz CT molecular complexity index is 730. The minimum absolute atomic E-state index is 0. The lowest BCUT2D eigenvalue weighted by atomic mass is 10.1. The normalized spacial score (nSPS) is 9.84. The predicted octanol–water partition coefficient (Wildman–Crippen LogP) is 3.92. The molecule has 0 saturated carbocycles. The average molecular weight is 362 g/mol. The Balaban J connectivity index is 0.00000312. The lowest BCUT2D eigenvalue weighted by Gasteiger charge is -2.13. The van der Waals surface area contributed by atoms with Crippen molar-refractivity contribution in [3.63, 3.8) is 0 Å². The predicted molar refractivity (Wildman–Crippen MR) is 105 cm³/mol. The smallest absolute Gasteiger partial charge is 0.228 e. The van der Waals surface area contributed by atoms with E-state index in [0.717, 1.165) is 23.2 Å². The zero-order chi connectivity index (χ0) is 17.5. The summed E-state index contributed by atoms with van der Waals surface area (Å²) in [7, 11) is 0. The maximum Gasteiger partial charge on any atom is 0.228 e. The van der Waals surface area contributed by atoms with Gasteiger partial charge in [-0.25, -0.2) is 0 Å². The van der Waals surface area contributed by atoms with Crippen LogP contribution in [0.15, 0.2) is 42.5 Å². The molecule has 6 heteroatoms. The number of rotatable bonds is 6. The van der Waals surface area contributed by atoms with Gasteiger partial charge < -0.3 is 16.4 Å². The van der Waals surface area contributed by atoms with Crippen molar-refractivity contribution in [1.82, 2.24) is 0 Å². The van der Waals surface area contributed by atoms with Crippen molar-refractivity contribution in [2.24, 2.45) is 0 Å². The largest absolute Gasteiger partial charge is 0.399 e. The van der Waals surface area contributed by atoms with Crippen LogP contribution >= 0.6 is 12.4 Å². The Hall–Kier alpha value is -2.53. The fourth-order valence-corrected chi connectivity index (χ4v) is 2.36. The van der Waals surface area contributed by atoms with Crippen molar-refractivity contribution in [3.05, 3.63) is 53.6 Å². The molecule has 2 aromatic rings. The van der Waals surface area contributed by atoms with Gasteiger partial charge in [-0.05, 0) is 48.7 Å². The van der Waals surface area contributed by atoms with Gasteiger partial charge in [0.1, 0.15) is 0 Å². The molecule has 0 radical (unpaired) electrons. The number of hydrogen-bond donors (Lipinski definition) is 3. The SMILES string of the molecule is CCCC(=O)Nc1cccc(NC(=O)Cc2ccc(N)cc2)c1C.Cl. The van der Waals surface area contributed by atoms with E-state index < -0.39 is 0 Å². The number of amides is 2. The van der Waals surface area contributed by atoms with Gasteiger partial charge in [0.15, 0.2) is 0 Å². The van der Waals surface area contributed by atoms with Crippen molar-refractivity contribution >= 4 is 41.3 Å². The molecule has 0 aliphatic carbocycles. The maximum absolute atomic E-state index is 12.2. The quantitative estimate of drug-likeness (QED) is 0.682. The first-order valence-corrected chi connectivity index (χ1v) is 8.03. The summed E-state index contributed by atoms with van der Waals surface area (Å²) in [5.41, 5.74) is 9.47. The van der Waals surface area contributed by atoms with E-state index >= 15 is 0 Å². The Kier molecular flexibility index (Phi) is 7.95. The van der Waals surface area contributed by atoms with Crippen LogP contribution in [0, 0.1) is 6.92 Å². The summed E-state index contributed by atoms with van der Waals surface area (Å²) in [6, 6.07) is 12.7. The van der Waals surface area contributed by atoms with Crippen molar-refractivity contribution in [2.75, 3.05) is 16.4 Å². The molecule has 4 N–H and O–H groups in total. The van der Waals surface area contributed by atoms with Gasteiger partial charge in [-0.15, -0.1) is 12.4 Å². The Labute approximate surface area is 154 Å². The highest BCUT2D eigenvalue weighted by Gasteiger charge is 2.10. The first-order valence-electron chi connectivity index (χ1n) is 8.03. The summed E-state index contributed by atoms with van der Waals surface area (Å²) in [6.07, 6.45) is 1.54. The molecule has 25 heavy (non-hydrogen) atoms. The molecule has 0 bridgehead atoms. The summed E-state index contributed by atoms with van der Waals surface area (Å²) in [6.45, 7) is 3.83. The number of carbonyl (C=O) groups is 2. The van der Waals surface area contributed by atoms with Gasteiger partial charge >= 0.3 is 0 Å². The fourth-order valence-electron chi connectivity index (χ4n) is 2.36. The van der Waals surface area contributed by atoms with Crippen LogP contribution in [-0.2, 0) is 16.0 Å². The monoisotopic (exact) mass is 361 g/mol. The summed E-state index contributed by atoms with van der Waals surface area (Å²) >= 11 is 0. The lowest BCUT2D eigenvalue weighted by Crippen LogP contribution is -2.16. The van der Waals surface area contributed by atoms with Crippen molar-refractivity contribution in [2.45, 2.75) is 33.1 Å². The van der Waals surface area contributed by atoms with Crippen molar-refractivity contribution < 1.29 is 9.59 Å². The van der Waals surface area contributed by atoms with Crippen LogP contribution in [0.25, 0.3) is 0 Å². The molecule has 0 saturated heterocycles. The van der Waals surface area contributed by atoms with Gasteiger partial charge in [0.2, 0.25) is 11.8 Å². The topological polar surface area (TPSA) is 84.2 Å². The van der Waals surface area contributed by atoms with E-state index in [1.165, 1.54) is 0 Å². The summed E-state index contributed by atoms with van der Waals surface area (Å²) in [5.74, 6) is -0.133. The van der Waals surface area contributed by atoms with Crippen LogP contribution in [0.5, 0.6) is 0 Å². The summed E-state index contributed by atoms with van der Waals surface area (Å²) < 4.78 is 0. The molecule has 0 aromatic heterocycles. The minimum atomic E-state index is -0.111. The van der Waals surface area contributed by atoms with E-state index in [1.54, 1.807) is 12.1 Å². The van der Waals surface area contributed by atoms with Gasteiger partial charge in [-0.2, -0.15) is 0 Å². The molecule has 2 aromatic carbocycles. The fraction of sp³-hybridized carbons (Fsp3) is 0.263. The molecule has 0 unspecified atom stereocenters. The lowest BCUT2D eigenvalue weighted by molar-refractivity contribution is -0.116. The number of nitrogen functional groups attached to an aromatic ring is 1. The van der Waals surface area contributed by atoms with Gasteiger partial charge in [-0.3, -0.25) is 9.59 Å². The van der Waals surface area contributed by atoms with E-state index in [-0.39, 0.29) is 30.6 Å². The van der Waals surface area contributed by atoms with Gasteiger partial charge in [0, 0.05) is 23.5 Å². The number of hydrogen-bond acceptors (Lipinski definition) is 3. The number of anilines is 3. The second kappa shape index (κ2) is 9.69. The molecule has 5 nitrogen and oxygen atoms in total.